The number of allylic oxidation sites excluding steroid dienone is 2. The van der Waals surface area contributed by atoms with E-state index in [1.54, 1.807) is 12.1 Å². The maximum absolute atomic E-state index is 11.5. The number of benzene rings is 1. The van der Waals surface area contributed by atoms with Gasteiger partial charge in [0, 0.05) is 17.2 Å². The number of rotatable bonds is 2. The van der Waals surface area contributed by atoms with Crippen LogP contribution in [0.1, 0.15) is 35.2 Å². The summed E-state index contributed by atoms with van der Waals surface area (Å²) in [6.07, 6.45) is 4.76. The SMILES string of the molecule is CC(=O)c1ccc2c(c1)[C@@H]1C=CC[C@@H]1[C@H](C(=O)[O-])N2. The van der Waals surface area contributed by atoms with Crippen molar-refractivity contribution in [2.75, 3.05) is 5.32 Å². The molecular formula is C15H14NO3-. The first-order chi connectivity index (χ1) is 9.08. The third kappa shape index (κ3) is 1.84. The van der Waals surface area contributed by atoms with Gasteiger partial charge in [-0.25, -0.2) is 0 Å². The van der Waals surface area contributed by atoms with Crippen molar-refractivity contribution in [3.63, 3.8) is 0 Å². The number of anilines is 1. The summed E-state index contributed by atoms with van der Waals surface area (Å²) in [5.41, 5.74) is 2.45. The van der Waals surface area contributed by atoms with Crippen LogP contribution in [0, 0.1) is 5.92 Å². The lowest BCUT2D eigenvalue weighted by molar-refractivity contribution is -0.308. The van der Waals surface area contributed by atoms with Gasteiger partial charge in [0.05, 0.1) is 12.0 Å². The standard InChI is InChI=1S/C15H15NO3/c1-8(17)9-5-6-13-12(7-9)10-3-2-4-11(10)14(16-13)15(18)19/h2-3,5-7,10-11,14,16H,4H2,1H3,(H,18,19)/p-1/t10-,11+,14-/m1/s1. The Bertz CT molecular complexity index is 591. The molecule has 0 saturated heterocycles. The molecule has 98 valence electrons. The van der Waals surface area contributed by atoms with E-state index in [0.717, 1.165) is 17.7 Å². The molecule has 2 aliphatic rings. The Morgan fingerprint density at radius 1 is 1.37 bits per heavy atom. The molecule has 0 aromatic heterocycles. The Morgan fingerprint density at radius 3 is 2.84 bits per heavy atom. The third-order valence-electron chi connectivity index (χ3n) is 4.02. The van der Waals surface area contributed by atoms with E-state index in [-0.39, 0.29) is 17.6 Å². The highest BCUT2D eigenvalue weighted by Crippen LogP contribution is 2.44. The van der Waals surface area contributed by atoms with Gasteiger partial charge in [-0.05, 0) is 43.0 Å². The van der Waals surface area contributed by atoms with Gasteiger partial charge < -0.3 is 15.2 Å². The van der Waals surface area contributed by atoms with Crippen LogP contribution in [0.4, 0.5) is 5.69 Å². The Labute approximate surface area is 111 Å². The maximum Gasteiger partial charge on any atom is 0.159 e. The Morgan fingerprint density at radius 2 is 2.16 bits per heavy atom. The highest BCUT2D eigenvalue weighted by atomic mass is 16.4. The molecule has 1 aliphatic heterocycles. The first kappa shape index (κ1) is 12.0. The minimum absolute atomic E-state index is 0.0170. The van der Waals surface area contributed by atoms with Gasteiger partial charge in [0.1, 0.15) is 0 Å². The van der Waals surface area contributed by atoms with E-state index < -0.39 is 12.0 Å². The van der Waals surface area contributed by atoms with E-state index in [9.17, 15) is 14.7 Å². The largest absolute Gasteiger partial charge is 0.548 e. The second kappa shape index (κ2) is 4.23. The number of hydrogen-bond acceptors (Lipinski definition) is 4. The minimum Gasteiger partial charge on any atom is -0.548 e. The van der Waals surface area contributed by atoms with Crippen LogP contribution in [-0.2, 0) is 4.79 Å². The molecule has 4 nitrogen and oxygen atoms in total. The third-order valence-corrected chi connectivity index (χ3v) is 4.02. The summed E-state index contributed by atoms with van der Waals surface area (Å²) in [4.78, 5) is 22.7. The van der Waals surface area contributed by atoms with Crippen molar-refractivity contribution < 1.29 is 14.7 Å². The molecule has 0 spiro atoms. The molecule has 3 rings (SSSR count). The van der Waals surface area contributed by atoms with Gasteiger partial charge in [-0.3, -0.25) is 4.79 Å². The van der Waals surface area contributed by atoms with E-state index in [1.807, 2.05) is 18.2 Å². The van der Waals surface area contributed by atoms with Crippen molar-refractivity contribution in [1.29, 1.82) is 0 Å². The summed E-state index contributed by atoms with van der Waals surface area (Å²) in [5.74, 6) is -1.03. The lowest BCUT2D eigenvalue weighted by atomic mass is 9.79. The van der Waals surface area contributed by atoms with Gasteiger partial charge in [-0.2, -0.15) is 0 Å². The number of hydrogen-bond donors (Lipinski definition) is 1. The van der Waals surface area contributed by atoms with Gasteiger partial charge in [0.25, 0.3) is 0 Å². The second-order valence-electron chi connectivity index (χ2n) is 5.15. The van der Waals surface area contributed by atoms with Crippen molar-refractivity contribution in [2.45, 2.75) is 25.3 Å². The summed E-state index contributed by atoms with van der Waals surface area (Å²) in [6, 6.07) is 4.70. The number of carboxylic acids is 1. The summed E-state index contributed by atoms with van der Waals surface area (Å²) < 4.78 is 0. The van der Waals surface area contributed by atoms with Crippen LogP contribution in [0.5, 0.6) is 0 Å². The van der Waals surface area contributed by atoms with E-state index >= 15 is 0 Å². The molecule has 0 radical (unpaired) electrons. The minimum atomic E-state index is -1.07. The van der Waals surface area contributed by atoms with Crippen LogP contribution in [0.25, 0.3) is 0 Å². The summed E-state index contributed by atoms with van der Waals surface area (Å²) in [5, 5.41) is 14.2. The van der Waals surface area contributed by atoms with Gasteiger partial charge in [0.2, 0.25) is 0 Å². The zero-order valence-electron chi connectivity index (χ0n) is 10.6. The number of carbonyl (C=O) groups is 2. The van der Waals surface area contributed by atoms with Crippen molar-refractivity contribution in [2.24, 2.45) is 5.92 Å². The number of fused-ring (bicyclic) bond motifs is 3. The number of carbonyl (C=O) groups excluding carboxylic acids is 2. The quantitative estimate of drug-likeness (QED) is 0.635. The van der Waals surface area contributed by atoms with E-state index in [0.29, 0.717) is 5.56 Å². The fourth-order valence-electron chi connectivity index (χ4n) is 3.05. The van der Waals surface area contributed by atoms with Crippen LogP contribution >= 0.6 is 0 Å². The molecule has 0 amide bonds. The predicted molar refractivity (Wildman–Crippen MR) is 68.9 cm³/mol. The van der Waals surface area contributed by atoms with Gasteiger partial charge in [-0.15, -0.1) is 0 Å². The smallest absolute Gasteiger partial charge is 0.159 e. The predicted octanol–water partition coefficient (Wildman–Crippen LogP) is 1.09. The zero-order chi connectivity index (χ0) is 13.6. The van der Waals surface area contributed by atoms with E-state index in [4.69, 9.17) is 0 Å². The monoisotopic (exact) mass is 256 g/mol. The molecule has 1 N–H and O–H groups in total. The molecule has 1 heterocycles. The molecule has 1 aromatic rings. The first-order valence-corrected chi connectivity index (χ1v) is 6.37. The fourth-order valence-corrected chi connectivity index (χ4v) is 3.05. The average Bonchev–Trinajstić information content (AvgIpc) is 2.86. The van der Waals surface area contributed by atoms with Crippen LogP contribution in [0.2, 0.25) is 0 Å². The second-order valence-corrected chi connectivity index (χ2v) is 5.15. The molecule has 0 saturated carbocycles. The first-order valence-electron chi connectivity index (χ1n) is 6.37. The zero-order valence-corrected chi connectivity index (χ0v) is 10.6. The highest BCUT2D eigenvalue weighted by Gasteiger charge is 2.37. The molecular weight excluding hydrogens is 242 g/mol. The van der Waals surface area contributed by atoms with Gasteiger partial charge in [-0.1, -0.05) is 12.2 Å². The normalized spacial score (nSPS) is 27.3. The van der Waals surface area contributed by atoms with Crippen LogP contribution in [-0.4, -0.2) is 17.8 Å². The lowest BCUT2D eigenvalue weighted by Crippen LogP contribution is -2.48. The van der Waals surface area contributed by atoms with Gasteiger partial charge in [0.15, 0.2) is 5.78 Å². The molecule has 19 heavy (non-hydrogen) atoms. The van der Waals surface area contributed by atoms with E-state index in [1.165, 1.54) is 6.92 Å². The number of nitrogens with one attached hydrogen (secondary N) is 1. The Balaban J connectivity index is 2.08. The average molecular weight is 256 g/mol. The van der Waals surface area contributed by atoms with Crippen molar-refractivity contribution in [3.8, 4) is 0 Å². The van der Waals surface area contributed by atoms with Gasteiger partial charge >= 0.3 is 0 Å². The molecule has 1 aliphatic carbocycles. The molecule has 1 aromatic carbocycles. The fraction of sp³-hybridized carbons (Fsp3) is 0.333. The number of aliphatic carboxylic acids is 1. The Kier molecular flexibility index (Phi) is 2.66. The summed E-state index contributed by atoms with van der Waals surface area (Å²) in [7, 11) is 0. The van der Waals surface area contributed by atoms with E-state index in [2.05, 4.69) is 5.32 Å². The number of ketones is 1. The summed E-state index contributed by atoms with van der Waals surface area (Å²) >= 11 is 0. The Hall–Kier alpha value is -2.10. The molecule has 0 fully saturated rings. The van der Waals surface area contributed by atoms with Crippen LogP contribution in [0.15, 0.2) is 30.4 Å². The number of Topliss-reactive ketones (excluding diaryl/α,β-unsaturated/α-hetero) is 1. The topological polar surface area (TPSA) is 69.2 Å². The van der Waals surface area contributed by atoms with Crippen LogP contribution < -0.4 is 10.4 Å². The molecule has 0 unspecified atom stereocenters. The molecule has 4 heteroatoms. The number of carboxylic acid groups (broad SMARTS) is 1. The van der Waals surface area contributed by atoms with Crippen LogP contribution in [0.3, 0.4) is 0 Å². The highest BCUT2D eigenvalue weighted by molar-refractivity contribution is 5.95. The summed E-state index contributed by atoms with van der Waals surface area (Å²) in [6.45, 7) is 1.53. The van der Waals surface area contributed by atoms with Crippen molar-refractivity contribution >= 4 is 17.4 Å². The molecule has 0 bridgehead atoms. The van der Waals surface area contributed by atoms with Crippen molar-refractivity contribution in [3.05, 3.63) is 41.5 Å². The molecule has 3 atom stereocenters. The van der Waals surface area contributed by atoms with Crippen molar-refractivity contribution in [1.82, 2.24) is 0 Å². The lowest BCUT2D eigenvalue weighted by Gasteiger charge is -2.37. The maximum atomic E-state index is 11.5.